The van der Waals surface area contributed by atoms with E-state index in [9.17, 15) is 0 Å². The van der Waals surface area contributed by atoms with E-state index in [-0.39, 0.29) is 0 Å². The number of imidazole rings is 1. The summed E-state index contributed by atoms with van der Waals surface area (Å²) in [4.78, 5) is 4.35. The molecule has 3 heteroatoms. The van der Waals surface area contributed by atoms with Crippen LogP contribution in [0.25, 0.3) is 0 Å². The highest BCUT2D eigenvalue weighted by molar-refractivity contribution is 7.30. The Morgan fingerprint density at radius 3 is 2.67 bits per heavy atom. The van der Waals surface area contributed by atoms with Crippen molar-refractivity contribution in [1.82, 2.24) is 9.55 Å². The van der Waals surface area contributed by atoms with Gasteiger partial charge in [0.2, 0.25) is 0 Å². The summed E-state index contributed by atoms with van der Waals surface area (Å²) in [5.41, 5.74) is 2.96. The molecule has 15 heavy (non-hydrogen) atoms. The molecule has 0 amide bonds. The first kappa shape index (κ1) is 10.5. The zero-order valence-electron chi connectivity index (χ0n) is 9.54. The molecule has 0 aliphatic carbocycles. The van der Waals surface area contributed by atoms with Gasteiger partial charge in [0.1, 0.15) is 5.82 Å². The maximum Gasteiger partial charge on any atom is 0.108 e. The Morgan fingerprint density at radius 1 is 1.33 bits per heavy atom. The fourth-order valence-corrected chi connectivity index (χ4v) is 3.07. The van der Waals surface area contributed by atoms with Crippen molar-refractivity contribution in [2.75, 3.05) is 0 Å². The van der Waals surface area contributed by atoms with Crippen molar-refractivity contribution in [1.29, 1.82) is 0 Å². The Labute approximate surface area is 92.4 Å². The van der Waals surface area contributed by atoms with Crippen molar-refractivity contribution >= 4 is 8.19 Å². The zero-order valence-corrected chi connectivity index (χ0v) is 10.5. The summed E-state index contributed by atoms with van der Waals surface area (Å²) in [6.07, 6.45) is 6.10. The molecule has 0 aromatic carbocycles. The van der Waals surface area contributed by atoms with Gasteiger partial charge >= 0.3 is 0 Å². The molecule has 2 aromatic rings. The third-order valence-electron chi connectivity index (χ3n) is 3.03. The fraction of sp³-hybridized carbons (Fsp3) is 0.417. The normalized spacial score (nSPS) is 11.4. The third kappa shape index (κ3) is 2.15. The van der Waals surface area contributed by atoms with Crippen molar-refractivity contribution in [3.63, 3.8) is 0 Å². The van der Waals surface area contributed by atoms with Crippen LogP contribution in [0.15, 0.2) is 18.2 Å². The molecule has 0 saturated carbocycles. The maximum absolute atomic E-state index is 4.35. The Morgan fingerprint density at radius 2 is 2.13 bits per heavy atom. The van der Waals surface area contributed by atoms with Crippen LogP contribution in [0.1, 0.15) is 22.2 Å². The third-order valence-corrected chi connectivity index (χ3v) is 4.58. The van der Waals surface area contributed by atoms with Crippen LogP contribution in [-0.2, 0) is 19.9 Å². The van der Waals surface area contributed by atoms with Crippen LogP contribution in [0.2, 0.25) is 0 Å². The van der Waals surface area contributed by atoms with Crippen LogP contribution >= 0.6 is 8.19 Å². The van der Waals surface area contributed by atoms with Crippen molar-refractivity contribution in [3.05, 3.63) is 40.4 Å². The highest BCUT2D eigenvalue weighted by atomic mass is 31.0. The molecule has 2 rings (SSSR count). The van der Waals surface area contributed by atoms with Gasteiger partial charge in [-0.2, -0.15) is 0 Å². The van der Waals surface area contributed by atoms with Gasteiger partial charge in [-0.3, -0.25) is 0 Å². The van der Waals surface area contributed by atoms with Gasteiger partial charge in [-0.25, -0.2) is 4.98 Å². The van der Waals surface area contributed by atoms with Gasteiger partial charge in [-0.15, -0.1) is 8.19 Å². The van der Waals surface area contributed by atoms with E-state index in [1.807, 2.05) is 12.4 Å². The predicted molar refractivity (Wildman–Crippen MR) is 66.0 cm³/mol. The van der Waals surface area contributed by atoms with Crippen LogP contribution in [0.4, 0.5) is 0 Å². The number of aryl methyl sites for hydroxylation is 4. The monoisotopic (exact) mass is 220 g/mol. The summed E-state index contributed by atoms with van der Waals surface area (Å²) >= 11 is 0. The molecule has 0 fully saturated rings. The van der Waals surface area contributed by atoms with Crippen molar-refractivity contribution in [2.24, 2.45) is 7.05 Å². The summed E-state index contributed by atoms with van der Waals surface area (Å²) < 4.78 is 2.11. The lowest BCUT2D eigenvalue weighted by atomic mass is 10.1. The first-order valence-electron chi connectivity index (χ1n) is 5.28. The molecule has 2 heterocycles. The van der Waals surface area contributed by atoms with E-state index in [4.69, 9.17) is 0 Å². The quantitative estimate of drug-likeness (QED) is 0.777. The maximum atomic E-state index is 4.35. The number of rotatable bonds is 3. The molecule has 0 aliphatic rings. The summed E-state index contributed by atoms with van der Waals surface area (Å²) in [5, 5.41) is 1.61. The van der Waals surface area contributed by atoms with E-state index in [0.29, 0.717) is 0 Å². The minimum Gasteiger partial charge on any atom is -0.338 e. The molecule has 0 radical (unpaired) electrons. The summed E-state index contributed by atoms with van der Waals surface area (Å²) in [7, 11) is 2.96. The van der Waals surface area contributed by atoms with Gasteiger partial charge in [0.15, 0.2) is 0 Å². The Kier molecular flexibility index (Phi) is 2.97. The van der Waals surface area contributed by atoms with E-state index in [1.165, 1.54) is 17.0 Å². The Bertz CT molecular complexity index is 454. The van der Waals surface area contributed by atoms with E-state index in [1.54, 1.807) is 5.30 Å². The predicted octanol–water partition coefficient (Wildman–Crippen LogP) is 2.85. The molecule has 0 N–H and O–H groups in total. The molecule has 1 atom stereocenters. The average molecular weight is 220 g/mol. The molecule has 0 saturated heterocycles. The molecule has 1 unspecified atom stereocenters. The lowest BCUT2D eigenvalue weighted by Gasteiger charge is -2.02. The number of aromatic nitrogens is 2. The van der Waals surface area contributed by atoms with Crippen LogP contribution in [0, 0.1) is 13.8 Å². The first-order valence-corrected chi connectivity index (χ1v) is 6.36. The largest absolute Gasteiger partial charge is 0.338 e. The van der Waals surface area contributed by atoms with Crippen LogP contribution in [0.3, 0.4) is 0 Å². The summed E-state index contributed by atoms with van der Waals surface area (Å²) in [6, 6.07) is 0. The molecule has 0 aliphatic heterocycles. The second kappa shape index (κ2) is 4.24. The summed E-state index contributed by atoms with van der Waals surface area (Å²) in [5.74, 6) is 3.54. The van der Waals surface area contributed by atoms with Gasteiger partial charge in [-0.05, 0) is 42.5 Å². The minimum atomic E-state index is 0.899. The van der Waals surface area contributed by atoms with Crippen molar-refractivity contribution in [3.8, 4) is 0 Å². The van der Waals surface area contributed by atoms with Crippen molar-refractivity contribution in [2.45, 2.75) is 26.7 Å². The fourth-order valence-electron chi connectivity index (χ4n) is 1.78. The Hall–Kier alpha value is -1.01. The van der Waals surface area contributed by atoms with Gasteiger partial charge in [0.25, 0.3) is 0 Å². The standard InChI is InChI=1S/C12H17N2P/c1-9-8-15-11(10(9)2)4-5-12-13-6-7-14(12)3/h6-8,15H,4-5H2,1-3H3. The van der Waals surface area contributed by atoms with Gasteiger partial charge < -0.3 is 4.57 Å². The minimum absolute atomic E-state index is 0.899. The lowest BCUT2D eigenvalue weighted by Crippen LogP contribution is -1.99. The number of hydrogen-bond donors (Lipinski definition) is 0. The molecule has 2 nitrogen and oxygen atoms in total. The topological polar surface area (TPSA) is 17.8 Å². The molecular weight excluding hydrogens is 203 g/mol. The summed E-state index contributed by atoms with van der Waals surface area (Å²) in [6.45, 7) is 4.44. The number of nitrogens with zero attached hydrogens (tertiary/aromatic N) is 2. The smallest absolute Gasteiger partial charge is 0.108 e. The molecule has 80 valence electrons. The van der Waals surface area contributed by atoms with Crippen LogP contribution < -0.4 is 0 Å². The average Bonchev–Trinajstić information content (AvgIpc) is 2.74. The van der Waals surface area contributed by atoms with Crippen LogP contribution in [0.5, 0.6) is 0 Å². The first-order chi connectivity index (χ1) is 7.18. The molecule has 0 spiro atoms. The van der Waals surface area contributed by atoms with Crippen molar-refractivity contribution < 1.29 is 0 Å². The van der Waals surface area contributed by atoms with E-state index in [2.05, 4.69) is 36.2 Å². The van der Waals surface area contributed by atoms with E-state index >= 15 is 0 Å². The molecule has 0 bridgehead atoms. The SMILES string of the molecule is Cc1c[pH]c(CCc2nccn2C)c1C. The second-order valence-corrected chi connectivity index (χ2v) is 5.21. The van der Waals surface area contributed by atoms with E-state index < -0.39 is 0 Å². The van der Waals surface area contributed by atoms with Gasteiger partial charge in [0.05, 0.1) is 0 Å². The van der Waals surface area contributed by atoms with Crippen LogP contribution in [-0.4, -0.2) is 9.55 Å². The highest BCUT2D eigenvalue weighted by Crippen LogP contribution is 2.26. The van der Waals surface area contributed by atoms with E-state index in [0.717, 1.165) is 21.0 Å². The molecule has 2 aromatic heterocycles. The zero-order chi connectivity index (χ0) is 10.8. The Balaban J connectivity index is 2.05. The highest BCUT2D eigenvalue weighted by Gasteiger charge is 2.05. The molecular formula is C12H17N2P. The van der Waals surface area contributed by atoms with Gasteiger partial charge in [0, 0.05) is 25.9 Å². The second-order valence-electron chi connectivity index (χ2n) is 4.03. The van der Waals surface area contributed by atoms with Gasteiger partial charge in [-0.1, -0.05) is 0 Å². The number of hydrogen-bond acceptors (Lipinski definition) is 1. The lowest BCUT2D eigenvalue weighted by molar-refractivity contribution is 0.774.